The first-order valence-electron chi connectivity index (χ1n) is 11.6. The molecule has 1 aliphatic heterocycles. The number of pyridine rings is 1. The standard InChI is InChI=1S/C24H35N7O/c1-7-24(5,6)31-22(26-27-28-31)21(30-13-11-29(8-2)12-14-30)19-15-18-10-9-16(3)17(4)20(18)25-23(19)32/h9-10,15,21H,7-8,11-14H2,1-6H3,(H,25,32)/t21-/m0/s1. The minimum atomic E-state index is -0.301. The Bertz CT molecular complexity index is 1150. The number of nitrogens with one attached hydrogen (secondary N) is 1. The lowest BCUT2D eigenvalue weighted by molar-refractivity contribution is 0.105. The molecule has 0 saturated carbocycles. The van der Waals surface area contributed by atoms with Gasteiger partial charge in [0.2, 0.25) is 0 Å². The molecule has 0 bridgehead atoms. The summed E-state index contributed by atoms with van der Waals surface area (Å²) in [5.41, 5.74) is 3.56. The second-order valence-corrected chi connectivity index (χ2v) is 9.51. The lowest BCUT2D eigenvalue weighted by Crippen LogP contribution is -2.49. The number of hydrogen-bond acceptors (Lipinski definition) is 6. The van der Waals surface area contributed by atoms with Crippen molar-refractivity contribution in [1.29, 1.82) is 0 Å². The SMILES string of the molecule is CCN1CCN([C@@H](c2cc3ccc(C)c(C)c3[nH]c2=O)c2nnnn2C(C)(C)CC)CC1. The summed E-state index contributed by atoms with van der Waals surface area (Å²) in [6, 6.07) is 5.93. The fraction of sp³-hybridized carbons (Fsp3) is 0.583. The smallest absolute Gasteiger partial charge is 0.253 e. The number of aromatic amines is 1. The van der Waals surface area contributed by atoms with Crippen molar-refractivity contribution in [3.05, 3.63) is 51.1 Å². The highest BCUT2D eigenvalue weighted by Crippen LogP contribution is 2.31. The Balaban J connectivity index is 1.88. The van der Waals surface area contributed by atoms with Gasteiger partial charge in [0, 0.05) is 31.7 Å². The zero-order valence-electron chi connectivity index (χ0n) is 20.1. The maximum Gasteiger partial charge on any atom is 0.253 e. The van der Waals surface area contributed by atoms with E-state index in [2.05, 4.69) is 84.0 Å². The Morgan fingerprint density at radius 2 is 1.84 bits per heavy atom. The number of H-pyrrole nitrogens is 1. The Morgan fingerprint density at radius 3 is 2.50 bits per heavy atom. The summed E-state index contributed by atoms with van der Waals surface area (Å²) in [6.45, 7) is 17.4. The van der Waals surface area contributed by atoms with Gasteiger partial charge < -0.3 is 9.88 Å². The van der Waals surface area contributed by atoms with Gasteiger partial charge in [-0.25, -0.2) is 4.68 Å². The van der Waals surface area contributed by atoms with Crippen molar-refractivity contribution in [3.63, 3.8) is 0 Å². The molecule has 1 aromatic carbocycles. The average Bonchev–Trinajstić information content (AvgIpc) is 3.28. The first-order valence-corrected chi connectivity index (χ1v) is 11.6. The highest BCUT2D eigenvalue weighted by atomic mass is 16.1. The number of tetrazole rings is 1. The molecule has 0 spiro atoms. The number of rotatable bonds is 6. The van der Waals surface area contributed by atoms with Crippen LogP contribution in [0, 0.1) is 13.8 Å². The monoisotopic (exact) mass is 437 g/mol. The Labute approximate surface area is 189 Å². The molecular weight excluding hydrogens is 402 g/mol. The van der Waals surface area contributed by atoms with E-state index in [1.165, 1.54) is 5.56 Å². The Morgan fingerprint density at radius 1 is 1.12 bits per heavy atom. The van der Waals surface area contributed by atoms with Crippen molar-refractivity contribution in [1.82, 2.24) is 35.0 Å². The van der Waals surface area contributed by atoms with E-state index in [0.29, 0.717) is 5.56 Å². The molecule has 0 aliphatic carbocycles. The predicted molar refractivity (Wildman–Crippen MR) is 127 cm³/mol. The number of aryl methyl sites for hydroxylation is 2. The summed E-state index contributed by atoms with van der Waals surface area (Å²) in [5.74, 6) is 0.732. The number of fused-ring (bicyclic) bond motifs is 1. The van der Waals surface area contributed by atoms with Crippen molar-refractivity contribution in [3.8, 4) is 0 Å². The van der Waals surface area contributed by atoms with Gasteiger partial charge in [0.25, 0.3) is 5.56 Å². The minimum Gasteiger partial charge on any atom is -0.321 e. The third-order valence-corrected chi connectivity index (χ3v) is 7.27. The van der Waals surface area contributed by atoms with Gasteiger partial charge in [-0.2, -0.15) is 0 Å². The summed E-state index contributed by atoms with van der Waals surface area (Å²) in [5, 5.41) is 13.9. The van der Waals surface area contributed by atoms with Gasteiger partial charge in [0.05, 0.1) is 11.1 Å². The first kappa shape index (κ1) is 22.6. The second-order valence-electron chi connectivity index (χ2n) is 9.51. The van der Waals surface area contributed by atoms with Gasteiger partial charge in [-0.05, 0) is 73.7 Å². The van der Waals surface area contributed by atoms with E-state index in [0.717, 1.165) is 61.4 Å². The number of nitrogens with zero attached hydrogens (tertiary/aromatic N) is 6. The molecule has 3 aromatic rings. The number of piperazine rings is 1. The van der Waals surface area contributed by atoms with Crippen LogP contribution in [0.3, 0.4) is 0 Å². The third-order valence-electron chi connectivity index (χ3n) is 7.27. The lowest BCUT2D eigenvalue weighted by atomic mass is 9.98. The molecule has 1 atom stereocenters. The fourth-order valence-corrected chi connectivity index (χ4v) is 4.53. The van der Waals surface area contributed by atoms with Crippen LogP contribution in [-0.2, 0) is 5.54 Å². The van der Waals surface area contributed by atoms with Gasteiger partial charge in [0.15, 0.2) is 5.82 Å². The molecule has 32 heavy (non-hydrogen) atoms. The zero-order chi connectivity index (χ0) is 23.0. The summed E-state index contributed by atoms with van der Waals surface area (Å²) in [7, 11) is 0. The largest absolute Gasteiger partial charge is 0.321 e. The van der Waals surface area contributed by atoms with Crippen LogP contribution in [-0.4, -0.2) is 67.7 Å². The molecular formula is C24H35N7O. The van der Waals surface area contributed by atoms with Crippen LogP contribution < -0.4 is 5.56 Å². The van der Waals surface area contributed by atoms with Crippen LogP contribution in [0.1, 0.15) is 62.7 Å². The minimum absolute atomic E-state index is 0.0713. The molecule has 8 nitrogen and oxygen atoms in total. The van der Waals surface area contributed by atoms with Gasteiger partial charge in [0.1, 0.15) is 6.04 Å². The number of aromatic nitrogens is 5. The van der Waals surface area contributed by atoms with Crippen molar-refractivity contribution in [2.45, 2.75) is 59.5 Å². The molecule has 0 unspecified atom stereocenters. The molecule has 1 aliphatic rings. The molecule has 2 aromatic heterocycles. The topological polar surface area (TPSA) is 82.9 Å². The van der Waals surface area contributed by atoms with Crippen LogP contribution in [0.15, 0.2) is 23.0 Å². The quantitative estimate of drug-likeness (QED) is 0.638. The van der Waals surface area contributed by atoms with E-state index in [-0.39, 0.29) is 17.1 Å². The van der Waals surface area contributed by atoms with Crippen molar-refractivity contribution in [2.24, 2.45) is 0 Å². The van der Waals surface area contributed by atoms with Crippen molar-refractivity contribution >= 4 is 10.9 Å². The molecule has 0 radical (unpaired) electrons. The normalized spacial score (nSPS) is 17.2. The van der Waals surface area contributed by atoms with Gasteiger partial charge >= 0.3 is 0 Å². The predicted octanol–water partition coefficient (Wildman–Crippen LogP) is 3.00. The van der Waals surface area contributed by atoms with Crippen molar-refractivity contribution in [2.75, 3.05) is 32.7 Å². The lowest BCUT2D eigenvalue weighted by Gasteiger charge is -2.39. The molecule has 0 amide bonds. The van der Waals surface area contributed by atoms with Crippen LogP contribution in [0.25, 0.3) is 10.9 Å². The molecule has 3 heterocycles. The van der Waals surface area contributed by atoms with Crippen molar-refractivity contribution < 1.29 is 0 Å². The third kappa shape index (κ3) is 3.97. The highest BCUT2D eigenvalue weighted by molar-refractivity contribution is 5.83. The molecule has 1 N–H and O–H groups in total. The van der Waals surface area contributed by atoms with E-state index in [4.69, 9.17) is 0 Å². The molecule has 1 saturated heterocycles. The van der Waals surface area contributed by atoms with E-state index in [9.17, 15) is 4.79 Å². The van der Waals surface area contributed by atoms with E-state index in [1.54, 1.807) is 0 Å². The van der Waals surface area contributed by atoms with E-state index >= 15 is 0 Å². The second kappa shape index (κ2) is 8.75. The Kier molecular flexibility index (Phi) is 6.18. The maximum atomic E-state index is 13.5. The summed E-state index contributed by atoms with van der Waals surface area (Å²) in [4.78, 5) is 21.4. The van der Waals surface area contributed by atoms with Gasteiger partial charge in [-0.3, -0.25) is 9.69 Å². The highest BCUT2D eigenvalue weighted by Gasteiger charge is 2.35. The molecule has 1 fully saturated rings. The summed E-state index contributed by atoms with van der Waals surface area (Å²) < 4.78 is 1.91. The Hall–Kier alpha value is -2.58. The fourth-order valence-electron chi connectivity index (χ4n) is 4.53. The average molecular weight is 438 g/mol. The number of benzene rings is 1. The number of likely N-dealkylation sites (N-methyl/N-ethyl adjacent to an activating group) is 1. The summed E-state index contributed by atoms with van der Waals surface area (Å²) >= 11 is 0. The molecule has 8 heteroatoms. The van der Waals surface area contributed by atoms with E-state index in [1.807, 2.05) is 10.7 Å². The van der Waals surface area contributed by atoms with Gasteiger partial charge in [-0.1, -0.05) is 26.0 Å². The summed E-state index contributed by atoms with van der Waals surface area (Å²) in [6.07, 6.45) is 0.883. The van der Waals surface area contributed by atoms with E-state index < -0.39 is 0 Å². The zero-order valence-corrected chi connectivity index (χ0v) is 20.1. The van der Waals surface area contributed by atoms with Crippen LogP contribution in [0.4, 0.5) is 0 Å². The van der Waals surface area contributed by atoms with Crippen LogP contribution >= 0.6 is 0 Å². The van der Waals surface area contributed by atoms with Gasteiger partial charge in [-0.15, -0.1) is 5.10 Å². The van der Waals surface area contributed by atoms with Crippen LogP contribution in [0.5, 0.6) is 0 Å². The number of hydrogen-bond donors (Lipinski definition) is 1. The maximum absolute atomic E-state index is 13.5. The molecule has 172 valence electrons. The van der Waals surface area contributed by atoms with Crippen LogP contribution in [0.2, 0.25) is 0 Å². The first-order chi connectivity index (χ1) is 15.3. The molecule has 4 rings (SSSR count).